The van der Waals surface area contributed by atoms with Crippen molar-refractivity contribution in [2.75, 3.05) is 40.0 Å². The van der Waals surface area contributed by atoms with Crippen LogP contribution in [-0.4, -0.2) is 61.8 Å². The standard InChI is InChI=1S/C14H19BrN2O4/c1-21-9-7-17(6-8-18)13(19)10-16-14(20)11-4-2-3-5-12(11)15/h2-5,18H,6-10H2,1H3,(H,16,20). The number of methoxy groups -OCH3 is 1. The largest absolute Gasteiger partial charge is 0.395 e. The second kappa shape index (κ2) is 9.49. The Hall–Kier alpha value is -1.44. The van der Waals surface area contributed by atoms with Gasteiger partial charge in [-0.05, 0) is 28.1 Å². The molecule has 6 nitrogen and oxygen atoms in total. The van der Waals surface area contributed by atoms with Gasteiger partial charge >= 0.3 is 0 Å². The van der Waals surface area contributed by atoms with E-state index in [-0.39, 0.29) is 31.5 Å². The van der Waals surface area contributed by atoms with Gasteiger partial charge in [-0.1, -0.05) is 12.1 Å². The molecule has 0 fully saturated rings. The number of carbonyl (C=O) groups is 2. The first-order valence-electron chi connectivity index (χ1n) is 6.50. The second-order valence-corrected chi connectivity index (χ2v) is 5.11. The van der Waals surface area contributed by atoms with Gasteiger partial charge in [0.05, 0.1) is 25.3 Å². The molecule has 1 aromatic rings. The SMILES string of the molecule is COCCN(CCO)C(=O)CNC(=O)c1ccccc1Br. The minimum Gasteiger partial charge on any atom is -0.395 e. The Labute approximate surface area is 132 Å². The highest BCUT2D eigenvalue weighted by molar-refractivity contribution is 9.10. The van der Waals surface area contributed by atoms with E-state index in [0.717, 1.165) is 0 Å². The van der Waals surface area contributed by atoms with E-state index in [4.69, 9.17) is 9.84 Å². The number of aliphatic hydroxyl groups is 1. The van der Waals surface area contributed by atoms with Crippen molar-refractivity contribution in [3.05, 3.63) is 34.3 Å². The van der Waals surface area contributed by atoms with Gasteiger partial charge < -0.3 is 20.1 Å². The van der Waals surface area contributed by atoms with Crippen molar-refractivity contribution in [2.45, 2.75) is 0 Å². The Morgan fingerprint density at radius 1 is 1.33 bits per heavy atom. The molecule has 0 unspecified atom stereocenters. The van der Waals surface area contributed by atoms with Gasteiger partial charge in [0.25, 0.3) is 5.91 Å². The van der Waals surface area contributed by atoms with Crippen LogP contribution >= 0.6 is 15.9 Å². The number of hydrogen-bond acceptors (Lipinski definition) is 4. The van der Waals surface area contributed by atoms with Crippen LogP contribution in [-0.2, 0) is 9.53 Å². The van der Waals surface area contributed by atoms with Crippen LogP contribution in [0.15, 0.2) is 28.7 Å². The lowest BCUT2D eigenvalue weighted by molar-refractivity contribution is -0.131. The van der Waals surface area contributed by atoms with Crippen LogP contribution in [0, 0.1) is 0 Å². The summed E-state index contributed by atoms with van der Waals surface area (Å²) in [5.41, 5.74) is 0.468. The first-order chi connectivity index (χ1) is 10.1. The summed E-state index contributed by atoms with van der Waals surface area (Å²) in [4.78, 5) is 25.4. The predicted molar refractivity (Wildman–Crippen MR) is 82.0 cm³/mol. The van der Waals surface area contributed by atoms with Gasteiger partial charge in [0.2, 0.25) is 5.91 Å². The fourth-order valence-corrected chi connectivity index (χ4v) is 2.16. The van der Waals surface area contributed by atoms with Gasteiger partial charge in [-0.25, -0.2) is 0 Å². The van der Waals surface area contributed by atoms with Crippen LogP contribution in [0.25, 0.3) is 0 Å². The molecular formula is C14H19BrN2O4. The Kier molecular flexibility index (Phi) is 7.96. The molecule has 0 spiro atoms. The molecule has 0 radical (unpaired) electrons. The maximum atomic E-state index is 12.0. The molecule has 0 atom stereocenters. The molecule has 0 aliphatic heterocycles. The van der Waals surface area contributed by atoms with Gasteiger partial charge in [-0.15, -0.1) is 0 Å². The third-order valence-electron chi connectivity index (χ3n) is 2.81. The van der Waals surface area contributed by atoms with Crippen LogP contribution < -0.4 is 5.32 Å². The molecule has 0 bridgehead atoms. The molecule has 2 amide bonds. The zero-order valence-corrected chi connectivity index (χ0v) is 13.4. The highest BCUT2D eigenvalue weighted by Gasteiger charge is 2.15. The van der Waals surface area contributed by atoms with Crippen molar-refractivity contribution < 1.29 is 19.4 Å². The molecule has 21 heavy (non-hydrogen) atoms. The third kappa shape index (κ3) is 5.82. The Morgan fingerprint density at radius 2 is 2.05 bits per heavy atom. The van der Waals surface area contributed by atoms with Crippen molar-refractivity contribution in [2.24, 2.45) is 0 Å². The van der Waals surface area contributed by atoms with E-state index >= 15 is 0 Å². The van der Waals surface area contributed by atoms with Crippen LogP contribution in [0.1, 0.15) is 10.4 Å². The fraction of sp³-hybridized carbons (Fsp3) is 0.429. The zero-order valence-electron chi connectivity index (χ0n) is 11.8. The summed E-state index contributed by atoms with van der Waals surface area (Å²) in [5.74, 6) is -0.590. The molecule has 1 rings (SSSR count). The minimum atomic E-state index is -0.327. The zero-order chi connectivity index (χ0) is 15.7. The summed E-state index contributed by atoms with van der Waals surface area (Å²) in [6.45, 7) is 0.718. The number of aliphatic hydroxyl groups excluding tert-OH is 1. The number of nitrogens with one attached hydrogen (secondary N) is 1. The Morgan fingerprint density at radius 3 is 2.67 bits per heavy atom. The maximum Gasteiger partial charge on any atom is 0.252 e. The summed E-state index contributed by atoms with van der Waals surface area (Å²) < 4.78 is 5.58. The normalized spacial score (nSPS) is 10.2. The smallest absolute Gasteiger partial charge is 0.252 e. The Balaban J connectivity index is 2.54. The number of carbonyl (C=O) groups excluding carboxylic acids is 2. The summed E-state index contributed by atoms with van der Waals surface area (Å²) in [6.07, 6.45) is 0. The molecule has 0 aliphatic carbocycles. The number of nitrogens with zero attached hydrogens (tertiary/aromatic N) is 1. The van der Waals surface area contributed by atoms with Crippen LogP contribution in [0.4, 0.5) is 0 Å². The molecular weight excluding hydrogens is 340 g/mol. The summed E-state index contributed by atoms with van der Waals surface area (Å²) in [6, 6.07) is 6.98. The van der Waals surface area contributed by atoms with Crippen molar-refractivity contribution in [1.82, 2.24) is 10.2 Å². The number of amides is 2. The summed E-state index contributed by atoms with van der Waals surface area (Å²) >= 11 is 3.29. The predicted octanol–water partition coefficient (Wildman–Crippen LogP) is 0.646. The van der Waals surface area contributed by atoms with Crippen LogP contribution in [0.3, 0.4) is 0 Å². The van der Waals surface area contributed by atoms with Crippen molar-refractivity contribution in [1.29, 1.82) is 0 Å². The average molecular weight is 359 g/mol. The summed E-state index contributed by atoms with van der Waals surface area (Å²) in [5, 5.41) is 11.5. The molecule has 7 heteroatoms. The van der Waals surface area contributed by atoms with Gasteiger partial charge in [0, 0.05) is 24.7 Å². The van der Waals surface area contributed by atoms with Gasteiger partial charge in [-0.3, -0.25) is 9.59 Å². The topological polar surface area (TPSA) is 78.9 Å². The maximum absolute atomic E-state index is 12.0. The average Bonchev–Trinajstić information content (AvgIpc) is 2.49. The van der Waals surface area contributed by atoms with Crippen molar-refractivity contribution in [3.8, 4) is 0 Å². The molecule has 2 N–H and O–H groups in total. The fourth-order valence-electron chi connectivity index (χ4n) is 1.69. The lowest BCUT2D eigenvalue weighted by atomic mass is 10.2. The molecule has 0 aromatic heterocycles. The monoisotopic (exact) mass is 358 g/mol. The first kappa shape index (κ1) is 17.6. The van der Waals surface area contributed by atoms with E-state index in [1.807, 2.05) is 0 Å². The van der Waals surface area contributed by atoms with E-state index in [0.29, 0.717) is 23.2 Å². The van der Waals surface area contributed by atoms with Gasteiger partial charge in [0.1, 0.15) is 0 Å². The van der Waals surface area contributed by atoms with Crippen molar-refractivity contribution >= 4 is 27.7 Å². The Bertz CT molecular complexity index is 482. The number of halogens is 1. The molecule has 0 aliphatic rings. The quantitative estimate of drug-likeness (QED) is 0.714. The van der Waals surface area contributed by atoms with E-state index in [9.17, 15) is 9.59 Å². The third-order valence-corrected chi connectivity index (χ3v) is 3.50. The number of rotatable bonds is 8. The van der Waals surface area contributed by atoms with Crippen molar-refractivity contribution in [3.63, 3.8) is 0 Å². The van der Waals surface area contributed by atoms with E-state index in [2.05, 4.69) is 21.2 Å². The summed E-state index contributed by atoms with van der Waals surface area (Å²) in [7, 11) is 1.54. The number of hydrogen-bond donors (Lipinski definition) is 2. The highest BCUT2D eigenvalue weighted by Crippen LogP contribution is 2.15. The molecule has 116 valence electrons. The lowest BCUT2D eigenvalue weighted by Gasteiger charge is -2.21. The van der Waals surface area contributed by atoms with E-state index in [1.165, 1.54) is 12.0 Å². The minimum absolute atomic E-state index is 0.121. The molecule has 0 saturated carbocycles. The number of benzene rings is 1. The van der Waals surface area contributed by atoms with Gasteiger partial charge in [-0.2, -0.15) is 0 Å². The van der Waals surface area contributed by atoms with E-state index < -0.39 is 0 Å². The van der Waals surface area contributed by atoms with Crippen LogP contribution in [0.5, 0.6) is 0 Å². The van der Waals surface area contributed by atoms with Gasteiger partial charge in [0.15, 0.2) is 0 Å². The van der Waals surface area contributed by atoms with E-state index in [1.54, 1.807) is 24.3 Å². The lowest BCUT2D eigenvalue weighted by Crippen LogP contribution is -2.43. The second-order valence-electron chi connectivity index (χ2n) is 4.26. The molecule has 0 saturated heterocycles. The van der Waals surface area contributed by atoms with Crippen LogP contribution in [0.2, 0.25) is 0 Å². The number of ether oxygens (including phenoxy) is 1. The highest BCUT2D eigenvalue weighted by atomic mass is 79.9. The first-order valence-corrected chi connectivity index (χ1v) is 7.29. The molecule has 0 heterocycles. The molecule has 1 aromatic carbocycles.